The molecular formula is C63H106O6. The van der Waals surface area contributed by atoms with Crippen molar-refractivity contribution in [2.24, 2.45) is 0 Å². The van der Waals surface area contributed by atoms with Gasteiger partial charge in [-0.2, -0.15) is 0 Å². The van der Waals surface area contributed by atoms with Gasteiger partial charge in [0.1, 0.15) is 13.2 Å². The molecule has 0 N–H and O–H groups in total. The molecule has 394 valence electrons. The Bertz CT molecular complexity index is 1380. The van der Waals surface area contributed by atoms with Crippen LogP contribution in [-0.4, -0.2) is 37.2 Å². The van der Waals surface area contributed by atoms with E-state index in [0.29, 0.717) is 19.3 Å². The molecule has 0 aliphatic heterocycles. The highest BCUT2D eigenvalue weighted by Gasteiger charge is 2.19. The molecule has 0 aromatic carbocycles. The van der Waals surface area contributed by atoms with Crippen molar-refractivity contribution in [3.8, 4) is 0 Å². The Balaban J connectivity index is 4.48. The second-order valence-corrected chi connectivity index (χ2v) is 18.8. The van der Waals surface area contributed by atoms with Gasteiger partial charge in [0.2, 0.25) is 0 Å². The number of unbranched alkanes of at least 4 members (excludes halogenated alkanes) is 24. The van der Waals surface area contributed by atoms with Crippen molar-refractivity contribution in [2.45, 2.75) is 271 Å². The molecule has 0 aromatic heterocycles. The lowest BCUT2D eigenvalue weighted by molar-refractivity contribution is -0.167. The Hall–Kier alpha value is -3.67. The quantitative estimate of drug-likeness (QED) is 0.0262. The summed E-state index contributed by atoms with van der Waals surface area (Å²) >= 11 is 0. The highest BCUT2D eigenvalue weighted by atomic mass is 16.6. The molecule has 0 saturated heterocycles. The number of carbonyl (C=O) groups excluding carboxylic acids is 3. The van der Waals surface area contributed by atoms with E-state index >= 15 is 0 Å². The molecule has 0 aromatic rings. The summed E-state index contributed by atoms with van der Waals surface area (Å²) in [6, 6.07) is 0. The van der Waals surface area contributed by atoms with E-state index in [4.69, 9.17) is 14.2 Å². The lowest BCUT2D eigenvalue weighted by Crippen LogP contribution is -2.30. The van der Waals surface area contributed by atoms with Gasteiger partial charge in [-0.05, 0) is 122 Å². The van der Waals surface area contributed by atoms with E-state index in [2.05, 4.69) is 118 Å². The van der Waals surface area contributed by atoms with Crippen LogP contribution in [0.5, 0.6) is 0 Å². The van der Waals surface area contributed by atoms with Crippen molar-refractivity contribution in [1.82, 2.24) is 0 Å². The van der Waals surface area contributed by atoms with Crippen LogP contribution in [0.1, 0.15) is 265 Å². The summed E-state index contributed by atoms with van der Waals surface area (Å²) in [5.41, 5.74) is 0. The van der Waals surface area contributed by atoms with E-state index in [9.17, 15) is 14.4 Å². The molecule has 0 bridgehead atoms. The van der Waals surface area contributed by atoms with Crippen molar-refractivity contribution < 1.29 is 28.6 Å². The molecule has 0 radical (unpaired) electrons. The third-order valence-corrected chi connectivity index (χ3v) is 12.0. The summed E-state index contributed by atoms with van der Waals surface area (Å²) in [6.07, 6.45) is 75.4. The Kier molecular flexibility index (Phi) is 53.9. The van der Waals surface area contributed by atoms with Crippen LogP contribution in [0.3, 0.4) is 0 Å². The standard InChI is InChI=1S/C63H106O6/c1-4-7-10-13-16-19-22-25-28-30-31-33-35-38-41-44-47-50-53-56-62(65)68-59-60(58-67-61(64)55-52-49-46-43-40-37-34-27-24-21-18-15-12-9-6-3)69-63(66)57-54-51-48-45-42-39-36-32-29-26-23-20-17-14-11-8-5-2/h9,12,17-18,20-21,26-27,29-31,34,36,39-40,43,60H,4-8,10-11,13-16,19,22-25,28,32-33,35,37-38,41-42,44-59H2,1-3H3/b12-9-,20-17-,21-18-,29-26-,31-30-,34-27-,39-36-,43-40-/t60-/m1/s1. The van der Waals surface area contributed by atoms with Crippen molar-refractivity contribution in [3.63, 3.8) is 0 Å². The van der Waals surface area contributed by atoms with Gasteiger partial charge in [-0.15, -0.1) is 0 Å². The van der Waals surface area contributed by atoms with Crippen LogP contribution >= 0.6 is 0 Å². The zero-order valence-corrected chi connectivity index (χ0v) is 45.0. The zero-order chi connectivity index (χ0) is 50.0. The largest absolute Gasteiger partial charge is 0.462 e. The van der Waals surface area contributed by atoms with Crippen LogP contribution in [0.4, 0.5) is 0 Å². The number of esters is 3. The van der Waals surface area contributed by atoms with E-state index in [0.717, 1.165) is 109 Å². The first-order valence-electron chi connectivity index (χ1n) is 28.7. The first kappa shape index (κ1) is 65.3. The topological polar surface area (TPSA) is 78.9 Å². The van der Waals surface area contributed by atoms with Crippen molar-refractivity contribution in [1.29, 1.82) is 0 Å². The number of allylic oxidation sites excluding steroid dienone is 16. The molecule has 69 heavy (non-hydrogen) atoms. The molecule has 0 rings (SSSR count). The van der Waals surface area contributed by atoms with E-state index in [1.807, 2.05) is 0 Å². The van der Waals surface area contributed by atoms with Crippen LogP contribution < -0.4 is 0 Å². The minimum atomic E-state index is -0.810. The summed E-state index contributed by atoms with van der Waals surface area (Å²) in [5, 5.41) is 0. The lowest BCUT2D eigenvalue weighted by atomic mass is 10.1. The Morgan fingerprint density at radius 3 is 0.957 bits per heavy atom. The molecule has 0 unspecified atom stereocenters. The molecular weight excluding hydrogens is 853 g/mol. The summed E-state index contributed by atoms with van der Waals surface area (Å²) in [4.78, 5) is 38.1. The maximum absolute atomic E-state index is 12.8. The minimum Gasteiger partial charge on any atom is -0.462 e. The third-order valence-electron chi connectivity index (χ3n) is 12.0. The van der Waals surface area contributed by atoms with Crippen LogP contribution in [0.2, 0.25) is 0 Å². The monoisotopic (exact) mass is 959 g/mol. The normalized spacial score (nSPS) is 12.8. The highest BCUT2D eigenvalue weighted by Crippen LogP contribution is 2.14. The molecule has 0 aliphatic rings. The number of ether oxygens (including phenoxy) is 3. The first-order chi connectivity index (χ1) is 34.0. The second kappa shape index (κ2) is 56.9. The van der Waals surface area contributed by atoms with Crippen LogP contribution in [0.15, 0.2) is 97.2 Å². The highest BCUT2D eigenvalue weighted by molar-refractivity contribution is 5.71. The van der Waals surface area contributed by atoms with Crippen LogP contribution in [0.25, 0.3) is 0 Å². The predicted molar refractivity (Wildman–Crippen MR) is 297 cm³/mol. The van der Waals surface area contributed by atoms with Gasteiger partial charge >= 0.3 is 17.9 Å². The molecule has 0 spiro atoms. The number of hydrogen-bond acceptors (Lipinski definition) is 6. The Labute approximate surface area is 426 Å². The summed E-state index contributed by atoms with van der Waals surface area (Å²) < 4.78 is 16.8. The fourth-order valence-electron chi connectivity index (χ4n) is 7.73. The maximum atomic E-state index is 12.8. The average Bonchev–Trinajstić information content (AvgIpc) is 3.35. The molecule has 0 fully saturated rings. The van der Waals surface area contributed by atoms with Crippen LogP contribution in [0, 0.1) is 0 Å². The molecule has 0 amide bonds. The van der Waals surface area contributed by atoms with Crippen molar-refractivity contribution >= 4 is 17.9 Å². The molecule has 0 heterocycles. The van der Waals surface area contributed by atoms with E-state index < -0.39 is 6.10 Å². The van der Waals surface area contributed by atoms with E-state index in [-0.39, 0.29) is 31.1 Å². The van der Waals surface area contributed by atoms with Gasteiger partial charge in [-0.25, -0.2) is 0 Å². The SMILES string of the molecule is CC/C=C\C/C=C\C/C=C\C/C=C\CCCCC(=O)OC[C@H](COC(=O)CCCCCCCCC/C=C\CCCCCCCCCC)OC(=O)CCCCCC/C=C\C/C=C\C/C=C\CCCCC. The van der Waals surface area contributed by atoms with Crippen molar-refractivity contribution in [2.75, 3.05) is 13.2 Å². The number of hydrogen-bond donors (Lipinski definition) is 0. The Morgan fingerprint density at radius 1 is 0.304 bits per heavy atom. The van der Waals surface area contributed by atoms with Gasteiger partial charge in [0.15, 0.2) is 6.10 Å². The van der Waals surface area contributed by atoms with Gasteiger partial charge in [-0.3, -0.25) is 14.4 Å². The molecule has 1 atom stereocenters. The fourth-order valence-corrected chi connectivity index (χ4v) is 7.73. The summed E-state index contributed by atoms with van der Waals surface area (Å²) in [7, 11) is 0. The van der Waals surface area contributed by atoms with E-state index in [1.165, 1.54) is 116 Å². The number of carbonyl (C=O) groups is 3. The minimum absolute atomic E-state index is 0.103. The van der Waals surface area contributed by atoms with Crippen LogP contribution in [-0.2, 0) is 28.6 Å². The van der Waals surface area contributed by atoms with Gasteiger partial charge in [0.25, 0.3) is 0 Å². The molecule has 6 nitrogen and oxygen atoms in total. The first-order valence-corrected chi connectivity index (χ1v) is 28.7. The van der Waals surface area contributed by atoms with Crippen molar-refractivity contribution in [3.05, 3.63) is 97.2 Å². The van der Waals surface area contributed by atoms with Gasteiger partial charge in [-0.1, -0.05) is 221 Å². The fraction of sp³-hybridized carbons (Fsp3) is 0.698. The maximum Gasteiger partial charge on any atom is 0.306 e. The van der Waals surface area contributed by atoms with Gasteiger partial charge < -0.3 is 14.2 Å². The summed E-state index contributed by atoms with van der Waals surface area (Å²) in [6.45, 7) is 6.45. The lowest BCUT2D eigenvalue weighted by Gasteiger charge is -2.18. The average molecular weight is 960 g/mol. The molecule has 0 saturated carbocycles. The molecule has 6 heteroatoms. The molecule has 0 aliphatic carbocycles. The third kappa shape index (κ3) is 55.1. The van der Waals surface area contributed by atoms with E-state index in [1.54, 1.807) is 0 Å². The Morgan fingerprint density at radius 2 is 0.565 bits per heavy atom. The van der Waals surface area contributed by atoms with Gasteiger partial charge in [0, 0.05) is 19.3 Å². The summed E-state index contributed by atoms with van der Waals surface area (Å²) in [5.74, 6) is -0.969. The second-order valence-electron chi connectivity index (χ2n) is 18.8. The zero-order valence-electron chi connectivity index (χ0n) is 45.0. The number of rotatable bonds is 51. The smallest absolute Gasteiger partial charge is 0.306 e. The predicted octanol–water partition coefficient (Wildman–Crippen LogP) is 19.3. The van der Waals surface area contributed by atoms with Gasteiger partial charge in [0.05, 0.1) is 0 Å².